The summed E-state index contributed by atoms with van der Waals surface area (Å²) in [5.74, 6) is -1.53. The van der Waals surface area contributed by atoms with Crippen molar-refractivity contribution in [1.82, 2.24) is 14.7 Å². The number of nitriles is 1. The third-order valence-corrected chi connectivity index (χ3v) is 4.47. The minimum absolute atomic E-state index is 0.118. The molecule has 7 nitrogen and oxygen atoms in total. The fourth-order valence-electron chi connectivity index (χ4n) is 2.40. The molecule has 0 bridgehead atoms. The van der Waals surface area contributed by atoms with Crippen LogP contribution < -0.4 is 15.6 Å². The Kier molecular flexibility index (Phi) is 4.69. The van der Waals surface area contributed by atoms with E-state index in [9.17, 15) is 14.0 Å². The largest absolute Gasteiger partial charge is 0.436 e. The monoisotopic (exact) mass is 372 g/mol. The Morgan fingerprint density at radius 3 is 2.96 bits per heavy atom. The van der Waals surface area contributed by atoms with Crippen LogP contribution in [0.4, 0.5) is 4.39 Å². The summed E-state index contributed by atoms with van der Waals surface area (Å²) in [5, 5.41) is 11.5. The first-order chi connectivity index (χ1) is 12.5. The summed E-state index contributed by atoms with van der Waals surface area (Å²) in [6.07, 6.45) is 0. The van der Waals surface area contributed by atoms with Gasteiger partial charge in [0.25, 0.3) is 11.5 Å². The van der Waals surface area contributed by atoms with E-state index in [0.29, 0.717) is 11.4 Å². The van der Waals surface area contributed by atoms with Crippen molar-refractivity contribution in [3.8, 4) is 17.7 Å². The number of hydrogen-bond acceptors (Lipinski definition) is 6. The zero-order valence-electron chi connectivity index (χ0n) is 13.9. The third kappa shape index (κ3) is 3.02. The van der Waals surface area contributed by atoms with E-state index in [1.807, 2.05) is 0 Å². The summed E-state index contributed by atoms with van der Waals surface area (Å²) in [6, 6.07) is 6.89. The van der Waals surface area contributed by atoms with Gasteiger partial charge in [-0.3, -0.25) is 9.59 Å². The maximum Gasteiger partial charge on any atom is 0.269 e. The Hall–Kier alpha value is -3.25. The summed E-state index contributed by atoms with van der Waals surface area (Å²) in [5.41, 5.74) is -0.480. The van der Waals surface area contributed by atoms with Crippen molar-refractivity contribution in [2.75, 3.05) is 6.54 Å². The Labute approximate surface area is 151 Å². The Bertz CT molecular complexity index is 1110. The van der Waals surface area contributed by atoms with Crippen molar-refractivity contribution in [3.63, 3.8) is 0 Å². The first kappa shape index (κ1) is 17.6. The van der Waals surface area contributed by atoms with Crippen LogP contribution in [0.2, 0.25) is 0 Å². The number of benzene rings is 1. The summed E-state index contributed by atoms with van der Waals surface area (Å²) in [7, 11) is 0. The van der Waals surface area contributed by atoms with Gasteiger partial charge in [0.05, 0.1) is 11.6 Å². The second-order valence-electron chi connectivity index (χ2n) is 5.25. The number of nitrogens with one attached hydrogen (secondary N) is 1. The fourth-order valence-corrected chi connectivity index (χ4v) is 3.37. The van der Waals surface area contributed by atoms with Gasteiger partial charge in [-0.1, -0.05) is 6.07 Å². The lowest BCUT2D eigenvalue weighted by Gasteiger charge is -2.07. The average molecular weight is 372 g/mol. The number of aromatic nitrogens is 2. The molecule has 0 aliphatic carbocycles. The topological polar surface area (TPSA) is 96.5 Å². The van der Waals surface area contributed by atoms with Gasteiger partial charge in [0.1, 0.15) is 11.8 Å². The molecule has 0 aliphatic heterocycles. The summed E-state index contributed by atoms with van der Waals surface area (Å²) < 4.78 is 20.7. The highest BCUT2D eigenvalue weighted by Gasteiger charge is 2.20. The highest BCUT2D eigenvalue weighted by Crippen LogP contribution is 2.26. The fraction of sp³-hybridized carbons (Fsp3) is 0.176. The van der Waals surface area contributed by atoms with E-state index in [1.165, 1.54) is 22.6 Å². The van der Waals surface area contributed by atoms with Gasteiger partial charge in [-0.05, 0) is 26.0 Å². The summed E-state index contributed by atoms with van der Waals surface area (Å²) in [4.78, 5) is 29.7. The van der Waals surface area contributed by atoms with Gasteiger partial charge in [0.15, 0.2) is 11.6 Å². The zero-order valence-corrected chi connectivity index (χ0v) is 14.7. The molecule has 0 spiro atoms. The van der Waals surface area contributed by atoms with Gasteiger partial charge in [-0.25, -0.2) is 8.79 Å². The van der Waals surface area contributed by atoms with Crippen LogP contribution >= 0.6 is 11.3 Å². The number of carbonyl (C=O) groups is 1. The van der Waals surface area contributed by atoms with Crippen LogP contribution in [-0.2, 0) is 0 Å². The van der Waals surface area contributed by atoms with Gasteiger partial charge in [0, 0.05) is 11.4 Å². The summed E-state index contributed by atoms with van der Waals surface area (Å²) >= 11 is 1.15. The van der Waals surface area contributed by atoms with E-state index in [2.05, 4.69) is 10.3 Å². The molecule has 0 fully saturated rings. The number of fused-ring (bicyclic) bond motifs is 1. The van der Waals surface area contributed by atoms with Gasteiger partial charge >= 0.3 is 0 Å². The number of rotatable bonds is 4. The van der Waals surface area contributed by atoms with E-state index in [0.717, 1.165) is 17.4 Å². The molecule has 9 heteroatoms. The Morgan fingerprint density at radius 1 is 1.50 bits per heavy atom. The van der Waals surface area contributed by atoms with Crippen molar-refractivity contribution < 1.29 is 13.9 Å². The number of carbonyl (C=O) groups excluding carboxylic acids is 1. The van der Waals surface area contributed by atoms with Crippen LogP contribution in [0.5, 0.6) is 11.6 Å². The number of halogens is 1. The number of ether oxygens (including phenoxy) is 1. The minimum atomic E-state index is -0.831. The molecule has 0 radical (unpaired) electrons. The van der Waals surface area contributed by atoms with Crippen molar-refractivity contribution in [2.24, 2.45) is 0 Å². The number of nitrogens with zero attached hydrogens (tertiary/aromatic N) is 3. The van der Waals surface area contributed by atoms with Gasteiger partial charge in [-0.2, -0.15) is 10.2 Å². The number of hydrogen-bond donors (Lipinski definition) is 1. The second kappa shape index (κ2) is 6.93. The molecule has 1 amide bonds. The maximum absolute atomic E-state index is 14.1. The van der Waals surface area contributed by atoms with Crippen LogP contribution in [0, 0.1) is 24.1 Å². The molecular weight excluding hydrogens is 359 g/mol. The molecule has 0 unspecified atom stereocenters. The van der Waals surface area contributed by atoms with Crippen molar-refractivity contribution >= 4 is 22.2 Å². The lowest BCUT2D eigenvalue weighted by atomic mass is 10.2. The van der Waals surface area contributed by atoms with E-state index < -0.39 is 11.4 Å². The molecule has 2 heterocycles. The van der Waals surface area contributed by atoms with Gasteiger partial charge < -0.3 is 10.1 Å². The van der Waals surface area contributed by atoms with Gasteiger partial charge in [0.2, 0.25) is 10.8 Å². The average Bonchev–Trinajstić information content (AvgIpc) is 2.93. The SMILES string of the molecule is CCNC(=O)c1c(C)sc2nc(Oc3cccc(C#N)c3F)cc(=O)n12. The standard InChI is InChI=1S/C17H13FN4O3S/c1-3-20-16(24)15-9(2)26-17-21-12(7-13(23)22(15)17)25-11-6-4-5-10(8-19)14(11)18/h4-7H,3H2,1-2H3,(H,20,24). The lowest BCUT2D eigenvalue weighted by Crippen LogP contribution is -2.28. The first-order valence-electron chi connectivity index (χ1n) is 7.64. The van der Waals surface area contributed by atoms with Crippen LogP contribution in [0.1, 0.15) is 27.9 Å². The predicted octanol–water partition coefficient (Wildman–Crippen LogP) is 2.62. The number of thiazole rings is 1. The van der Waals surface area contributed by atoms with Crippen LogP contribution in [-0.4, -0.2) is 21.8 Å². The molecule has 2 aromatic heterocycles. The number of aryl methyl sites for hydroxylation is 1. The van der Waals surface area contributed by atoms with Crippen molar-refractivity contribution in [1.29, 1.82) is 5.26 Å². The molecule has 0 saturated carbocycles. The predicted molar refractivity (Wildman–Crippen MR) is 93.3 cm³/mol. The second-order valence-corrected chi connectivity index (χ2v) is 6.43. The maximum atomic E-state index is 14.1. The molecule has 26 heavy (non-hydrogen) atoms. The quantitative estimate of drug-likeness (QED) is 0.759. The Morgan fingerprint density at radius 2 is 2.27 bits per heavy atom. The van der Waals surface area contributed by atoms with Crippen molar-refractivity contribution in [2.45, 2.75) is 13.8 Å². The van der Waals surface area contributed by atoms with Crippen LogP contribution in [0.15, 0.2) is 29.1 Å². The third-order valence-electron chi connectivity index (χ3n) is 3.52. The van der Waals surface area contributed by atoms with E-state index in [1.54, 1.807) is 19.9 Å². The molecule has 0 aliphatic rings. The normalized spacial score (nSPS) is 10.5. The highest BCUT2D eigenvalue weighted by atomic mass is 32.1. The van der Waals surface area contributed by atoms with E-state index >= 15 is 0 Å². The zero-order chi connectivity index (χ0) is 18.8. The van der Waals surface area contributed by atoms with E-state index in [4.69, 9.17) is 10.00 Å². The molecule has 0 saturated heterocycles. The lowest BCUT2D eigenvalue weighted by molar-refractivity contribution is 0.0949. The molecule has 132 valence electrons. The molecule has 1 N–H and O–H groups in total. The molecule has 3 rings (SSSR count). The highest BCUT2D eigenvalue weighted by molar-refractivity contribution is 7.17. The van der Waals surface area contributed by atoms with Crippen LogP contribution in [0.3, 0.4) is 0 Å². The van der Waals surface area contributed by atoms with Gasteiger partial charge in [-0.15, -0.1) is 11.3 Å². The first-order valence-corrected chi connectivity index (χ1v) is 8.45. The summed E-state index contributed by atoms with van der Waals surface area (Å²) in [6.45, 7) is 3.91. The number of amides is 1. The van der Waals surface area contributed by atoms with E-state index in [-0.39, 0.29) is 33.8 Å². The van der Waals surface area contributed by atoms with Crippen LogP contribution in [0.25, 0.3) is 4.96 Å². The minimum Gasteiger partial charge on any atom is -0.436 e. The van der Waals surface area contributed by atoms with Crippen molar-refractivity contribution in [3.05, 3.63) is 56.6 Å². The molecule has 3 aromatic rings. The molecular formula is C17H13FN4O3S. The smallest absolute Gasteiger partial charge is 0.269 e. The molecule has 0 atom stereocenters. The molecule has 1 aromatic carbocycles. The Balaban J connectivity index is 2.07.